The first-order valence-electron chi connectivity index (χ1n) is 6.21. The summed E-state index contributed by atoms with van der Waals surface area (Å²) in [6.45, 7) is 0. The zero-order valence-corrected chi connectivity index (χ0v) is 11.6. The van der Waals surface area contributed by atoms with Gasteiger partial charge in [0.15, 0.2) is 5.75 Å². The van der Waals surface area contributed by atoms with Crippen LogP contribution in [0.15, 0.2) is 47.2 Å². The van der Waals surface area contributed by atoms with Crippen LogP contribution in [0.2, 0.25) is 0 Å². The molecular weight excluding hydrogens is 290 g/mol. The number of aromatic nitrogens is 1. The molecule has 0 bridgehead atoms. The van der Waals surface area contributed by atoms with Crippen molar-refractivity contribution in [3.8, 4) is 16.9 Å². The highest BCUT2D eigenvalue weighted by Gasteiger charge is 2.22. The van der Waals surface area contributed by atoms with Gasteiger partial charge < -0.3 is 4.74 Å². The summed E-state index contributed by atoms with van der Waals surface area (Å²) in [5, 5.41) is 0. The van der Waals surface area contributed by atoms with E-state index in [9.17, 15) is 0 Å². The third kappa shape index (κ3) is 2.27. The quantitative estimate of drug-likeness (QED) is 0.782. The van der Waals surface area contributed by atoms with Gasteiger partial charge in [-0.2, -0.15) is 0 Å². The first-order chi connectivity index (χ1) is 8.84. The number of hydrogen-bond donors (Lipinski definition) is 0. The van der Waals surface area contributed by atoms with Crippen molar-refractivity contribution in [1.29, 1.82) is 0 Å². The second kappa shape index (κ2) is 5.11. The SMILES string of the molecule is Brc1nccc(-c2ccccc2)c1OC1CCC1. The molecule has 2 aromatic rings. The monoisotopic (exact) mass is 303 g/mol. The molecule has 0 unspecified atom stereocenters. The molecule has 1 saturated carbocycles. The lowest BCUT2D eigenvalue weighted by molar-refractivity contribution is 0.119. The van der Waals surface area contributed by atoms with E-state index in [0.717, 1.165) is 34.3 Å². The highest BCUT2D eigenvalue weighted by atomic mass is 79.9. The molecule has 0 amide bonds. The van der Waals surface area contributed by atoms with Crippen molar-refractivity contribution in [1.82, 2.24) is 4.98 Å². The van der Waals surface area contributed by atoms with Gasteiger partial charge in [-0.05, 0) is 46.8 Å². The van der Waals surface area contributed by atoms with Gasteiger partial charge in [0, 0.05) is 11.8 Å². The third-order valence-corrected chi connectivity index (χ3v) is 3.85. The standard InChI is InChI=1S/C15H14BrNO/c16-15-14(18-12-7-4-8-12)13(9-10-17-15)11-5-2-1-3-6-11/h1-3,5-6,9-10,12H,4,7-8H2. The van der Waals surface area contributed by atoms with E-state index in [2.05, 4.69) is 33.0 Å². The molecule has 18 heavy (non-hydrogen) atoms. The third-order valence-electron chi connectivity index (χ3n) is 3.28. The maximum Gasteiger partial charge on any atom is 0.160 e. The van der Waals surface area contributed by atoms with Crippen molar-refractivity contribution >= 4 is 15.9 Å². The molecule has 3 rings (SSSR count). The zero-order chi connectivity index (χ0) is 12.4. The van der Waals surface area contributed by atoms with Crippen molar-refractivity contribution < 1.29 is 4.74 Å². The van der Waals surface area contributed by atoms with Crippen molar-refractivity contribution in [3.05, 3.63) is 47.2 Å². The molecule has 1 aromatic heterocycles. The molecule has 0 saturated heterocycles. The summed E-state index contributed by atoms with van der Waals surface area (Å²) in [7, 11) is 0. The summed E-state index contributed by atoms with van der Waals surface area (Å²) in [6.07, 6.45) is 5.72. The van der Waals surface area contributed by atoms with E-state index < -0.39 is 0 Å². The van der Waals surface area contributed by atoms with Gasteiger partial charge in [-0.25, -0.2) is 4.98 Å². The first-order valence-corrected chi connectivity index (χ1v) is 7.00. The second-order valence-electron chi connectivity index (χ2n) is 4.52. The molecule has 92 valence electrons. The molecule has 1 aromatic carbocycles. The number of pyridine rings is 1. The highest BCUT2D eigenvalue weighted by molar-refractivity contribution is 9.10. The molecule has 0 aliphatic heterocycles. The maximum absolute atomic E-state index is 6.06. The van der Waals surface area contributed by atoms with Crippen LogP contribution in [0, 0.1) is 0 Å². The summed E-state index contributed by atoms with van der Waals surface area (Å²) < 4.78 is 6.84. The normalized spacial score (nSPS) is 15.2. The van der Waals surface area contributed by atoms with E-state index in [1.54, 1.807) is 6.20 Å². The Labute approximate surface area is 115 Å². The molecule has 1 fully saturated rings. The lowest BCUT2D eigenvalue weighted by Crippen LogP contribution is -2.25. The Morgan fingerprint density at radius 2 is 1.89 bits per heavy atom. The molecular formula is C15H14BrNO. The predicted molar refractivity (Wildman–Crippen MR) is 75.6 cm³/mol. The lowest BCUT2D eigenvalue weighted by Gasteiger charge is -2.27. The fourth-order valence-electron chi connectivity index (χ4n) is 2.04. The van der Waals surface area contributed by atoms with Crippen LogP contribution in [0.1, 0.15) is 19.3 Å². The predicted octanol–water partition coefficient (Wildman–Crippen LogP) is 4.44. The molecule has 0 N–H and O–H groups in total. The van der Waals surface area contributed by atoms with E-state index in [4.69, 9.17) is 4.74 Å². The maximum atomic E-state index is 6.06. The number of hydrogen-bond acceptors (Lipinski definition) is 2. The van der Waals surface area contributed by atoms with Gasteiger partial charge in [0.2, 0.25) is 0 Å². The molecule has 1 aliphatic carbocycles. The van der Waals surface area contributed by atoms with Crippen LogP contribution in [0.5, 0.6) is 5.75 Å². The van der Waals surface area contributed by atoms with E-state index in [0.29, 0.717) is 6.10 Å². The van der Waals surface area contributed by atoms with Crippen LogP contribution in [0.4, 0.5) is 0 Å². The minimum absolute atomic E-state index is 0.355. The summed E-state index contributed by atoms with van der Waals surface area (Å²) in [5.74, 6) is 0.869. The van der Waals surface area contributed by atoms with Gasteiger partial charge in [0.05, 0.1) is 6.10 Å². The van der Waals surface area contributed by atoms with Gasteiger partial charge in [-0.3, -0.25) is 0 Å². The van der Waals surface area contributed by atoms with Gasteiger partial charge >= 0.3 is 0 Å². The van der Waals surface area contributed by atoms with Crippen molar-refractivity contribution in [3.63, 3.8) is 0 Å². The van der Waals surface area contributed by atoms with Gasteiger partial charge in [-0.15, -0.1) is 0 Å². The fourth-order valence-corrected chi connectivity index (χ4v) is 2.46. The van der Waals surface area contributed by atoms with Crippen molar-refractivity contribution in [2.45, 2.75) is 25.4 Å². The summed E-state index contributed by atoms with van der Waals surface area (Å²) in [6, 6.07) is 12.3. The smallest absolute Gasteiger partial charge is 0.160 e. The molecule has 0 atom stereocenters. The van der Waals surface area contributed by atoms with Crippen LogP contribution in [-0.2, 0) is 0 Å². The minimum Gasteiger partial charge on any atom is -0.487 e. The zero-order valence-electron chi connectivity index (χ0n) is 9.97. The highest BCUT2D eigenvalue weighted by Crippen LogP contribution is 2.37. The molecule has 1 heterocycles. The van der Waals surface area contributed by atoms with E-state index in [1.807, 2.05) is 24.3 Å². The largest absolute Gasteiger partial charge is 0.487 e. The Kier molecular flexibility index (Phi) is 3.33. The van der Waals surface area contributed by atoms with E-state index in [1.165, 1.54) is 6.42 Å². The van der Waals surface area contributed by atoms with Gasteiger partial charge in [-0.1, -0.05) is 30.3 Å². The Bertz CT molecular complexity index is 537. The topological polar surface area (TPSA) is 22.1 Å². The number of ether oxygens (including phenoxy) is 1. The molecule has 0 spiro atoms. The minimum atomic E-state index is 0.355. The van der Waals surface area contributed by atoms with Crippen LogP contribution >= 0.6 is 15.9 Å². The Hall–Kier alpha value is -1.35. The first kappa shape index (κ1) is 11.7. The van der Waals surface area contributed by atoms with Gasteiger partial charge in [0.25, 0.3) is 0 Å². The summed E-state index contributed by atoms with van der Waals surface area (Å²) in [5.41, 5.74) is 2.26. The average Bonchev–Trinajstić information content (AvgIpc) is 2.36. The number of nitrogens with zero attached hydrogens (tertiary/aromatic N) is 1. The van der Waals surface area contributed by atoms with Crippen molar-refractivity contribution in [2.75, 3.05) is 0 Å². The number of rotatable bonds is 3. The van der Waals surface area contributed by atoms with Crippen molar-refractivity contribution in [2.24, 2.45) is 0 Å². The molecule has 2 nitrogen and oxygen atoms in total. The average molecular weight is 304 g/mol. The Balaban J connectivity index is 2.00. The fraction of sp³-hybridized carbons (Fsp3) is 0.267. The van der Waals surface area contributed by atoms with Crippen LogP contribution in [0.3, 0.4) is 0 Å². The Morgan fingerprint density at radius 3 is 2.56 bits per heavy atom. The van der Waals surface area contributed by atoms with Crippen LogP contribution in [-0.4, -0.2) is 11.1 Å². The molecule has 0 radical (unpaired) electrons. The van der Waals surface area contributed by atoms with Gasteiger partial charge in [0.1, 0.15) is 4.60 Å². The van der Waals surface area contributed by atoms with Crippen LogP contribution < -0.4 is 4.74 Å². The van der Waals surface area contributed by atoms with E-state index in [-0.39, 0.29) is 0 Å². The number of halogens is 1. The Morgan fingerprint density at radius 1 is 1.11 bits per heavy atom. The van der Waals surface area contributed by atoms with E-state index >= 15 is 0 Å². The summed E-state index contributed by atoms with van der Waals surface area (Å²) >= 11 is 3.49. The number of benzene rings is 1. The molecule has 3 heteroatoms. The second-order valence-corrected chi connectivity index (χ2v) is 5.27. The van der Waals surface area contributed by atoms with Crippen LogP contribution in [0.25, 0.3) is 11.1 Å². The lowest BCUT2D eigenvalue weighted by atomic mass is 9.96. The molecule has 1 aliphatic rings. The summed E-state index contributed by atoms with van der Waals surface area (Å²) in [4.78, 5) is 4.27.